The molecule has 0 radical (unpaired) electrons. The molecular formula is C14H26N2O. The van der Waals surface area contributed by atoms with Crippen LogP contribution in [0.5, 0.6) is 0 Å². The molecule has 0 aliphatic carbocycles. The monoisotopic (exact) mass is 238 g/mol. The Hall–Kier alpha value is -0.800. The smallest absolute Gasteiger partial charge is 0.106 e. The molecule has 1 atom stereocenters. The summed E-state index contributed by atoms with van der Waals surface area (Å²) in [6.45, 7) is 12.9. The second-order valence-corrected chi connectivity index (χ2v) is 6.07. The van der Waals surface area contributed by atoms with Gasteiger partial charge < -0.3 is 4.42 Å². The fourth-order valence-corrected chi connectivity index (χ4v) is 2.21. The van der Waals surface area contributed by atoms with E-state index < -0.39 is 0 Å². The molecule has 3 N–H and O–H groups in total. The number of hydrazine groups is 1. The van der Waals surface area contributed by atoms with E-state index in [-0.39, 0.29) is 6.04 Å². The Morgan fingerprint density at radius 3 is 2.12 bits per heavy atom. The molecule has 0 saturated carbocycles. The van der Waals surface area contributed by atoms with Gasteiger partial charge in [-0.3, -0.25) is 11.3 Å². The highest BCUT2D eigenvalue weighted by Gasteiger charge is 2.22. The molecule has 1 aromatic heterocycles. The fourth-order valence-electron chi connectivity index (χ4n) is 2.21. The summed E-state index contributed by atoms with van der Waals surface area (Å²) in [5, 5.41) is 0. The van der Waals surface area contributed by atoms with Crippen LogP contribution in [0.15, 0.2) is 4.42 Å². The minimum absolute atomic E-state index is 0.187. The van der Waals surface area contributed by atoms with Crippen molar-refractivity contribution in [3.63, 3.8) is 0 Å². The van der Waals surface area contributed by atoms with Gasteiger partial charge in [0.1, 0.15) is 11.5 Å². The first kappa shape index (κ1) is 14.3. The molecule has 0 saturated heterocycles. The van der Waals surface area contributed by atoms with Crippen molar-refractivity contribution in [3.05, 3.63) is 22.6 Å². The Morgan fingerprint density at radius 1 is 1.18 bits per heavy atom. The van der Waals surface area contributed by atoms with Crippen molar-refractivity contribution in [2.75, 3.05) is 0 Å². The van der Waals surface area contributed by atoms with E-state index in [2.05, 4.69) is 33.1 Å². The minimum Gasteiger partial charge on any atom is -0.466 e. The molecule has 3 heteroatoms. The predicted octanol–water partition coefficient (Wildman–Crippen LogP) is 3.54. The topological polar surface area (TPSA) is 51.2 Å². The SMILES string of the molecule is Cc1oc(C)c(C(CCC(C)(C)C)NN)c1C. The molecule has 98 valence electrons. The summed E-state index contributed by atoms with van der Waals surface area (Å²) in [5.74, 6) is 7.67. The fraction of sp³-hybridized carbons (Fsp3) is 0.714. The third-order valence-electron chi connectivity index (χ3n) is 3.35. The molecule has 17 heavy (non-hydrogen) atoms. The highest BCUT2D eigenvalue weighted by Crippen LogP contribution is 2.32. The normalized spacial score (nSPS) is 14.1. The van der Waals surface area contributed by atoms with Crippen LogP contribution in [0.1, 0.15) is 62.3 Å². The molecule has 1 unspecified atom stereocenters. The number of hydrogen-bond donors (Lipinski definition) is 2. The van der Waals surface area contributed by atoms with Crippen LogP contribution in [-0.4, -0.2) is 0 Å². The summed E-state index contributed by atoms with van der Waals surface area (Å²) in [5.41, 5.74) is 5.71. The summed E-state index contributed by atoms with van der Waals surface area (Å²) >= 11 is 0. The van der Waals surface area contributed by atoms with Crippen LogP contribution >= 0.6 is 0 Å². The lowest BCUT2D eigenvalue weighted by Gasteiger charge is -2.23. The van der Waals surface area contributed by atoms with Crippen LogP contribution in [0, 0.1) is 26.2 Å². The van der Waals surface area contributed by atoms with Gasteiger partial charge >= 0.3 is 0 Å². The first-order valence-corrected chi connectivity index (χ1v) is 6.29. The van der Waals surface area contributed by atoms with Gasteiger partial charge in [-0.1, -0.05) is 20.8 Å². The zero-order chi connectivity index (χ0) is 13.2. The third-order valence-corrected chi connectivity index (χ3v) is 3.35. The Bertz CT molecular complexity index is 374. The number of furan rings is 1. The third kappa shape index (κ3) is 3.58. The van der Waals surface area contributed by atoms with Gasteiger partial charge in [-0.05, 0) is 44.6 Å². The average molecular weight is 238 g/mol. The van der Waals surface area contributed by atoms with E-state index in [4.69, 9.17) is 10.3 Å². The van der Waals surface area contributed by atoms with E-state index in [1.165, 1.54) is 11.1 Å². The number of aryl methyl sites for hydroxylation is 2. The van der Waals surface area contributed by atoms with Gasteiger partial charge in [0.05, 0.1) is 0 Å². The van der Waals surface area contributed by atoms with Crippen molar-refractivity contribution in [1.82, 2.24) is 5.43 Å². The summed E-state index contributed by atoms with van der Waals surface area (Å²) < 4.78 is 5.66. The zero-order valence-electron chi connectivity index (χ0n) is 12.0. The number of hydrogen-bond acceptors (Lipinski definition) is 3. The van der Waals surface area contributed by atoms with Gasteiger partial charge in [0, 0.05) is 11.6 Å². The second-order valence-electron chi connectivity index (χ2n) is 6.07. The van der Waals surface area contributed by atoms with Gasteiger partial charge in [0.2, 0.25) is 0 Å². The van der Waals surface area contributed by atoms with Crippen LogP contribution in [-0.2, 0) is 0 Å². The maximum Gasteiger partial charge on any atom is 0.106 e. The number of nitrogens with one attached hydrogen (secondary N) is 1. The summed E-state index contributed by atoms with van der Waals surface area (Å²) in [6, 6.07) is 0.187. The first-order chi connectivity index (χ1) is 7.76. The lowest BCUT2D eigenvalue weighted by atomic mass is 9.86. The Labute approximate surface area is 105 Å². The summed E-state index contributed by atoms with van der Waals surface area (Å²) in [4.78, 5) is 0. The molecule has 1 aromatic rings. The quantitative estimate of drug-likeness (QED) is 0.623. The van der Waals surface area contributed by atoms with Crippen molar-refractivity contribution < 1.29 is 4.42 Å². The Kier molecular flexibility index (Phi) is 4.39. The molecule has 3 nitrogen and oxygen atoms in total. The van der Waals surface area contributed by atoms with Crippen LogP contribution in [0.2, 0.25) is 0 Å². The molecule has 0 aliphatic rings. The lowest BCUT2D eigenvalue weighted by Crippen LogP contribution is -2.29. The van der Waals surface area contributed by atoms with Crippen molar-refractivity contribution in [2.24, 2.45) is 11.3 Å². The standard InChI is InChI=1S/C14H26N2O/c1-9-10(2)17-11(3)13(9)12(16-15)7-8-14(4,5)6/h12,16H,7-8,15H2,1-6H3. The minimum atomic E-state index is 0.187. The summed E-state index contributed by atoms with van der Waals surface area (Å²) in [6.07, 6.45) is 2.16. The number of nitrogens with two attached hydrogens (primary N) is 1. The maximum absolute atomic E-state index is 5.69. The van der Waals surface area contributed by atoms with Gasteiger partial charge in [-0.15, -0.1) is 0 Å². The molecule has 1 heterocycles. The van der Waals surface area contributed by atoms with E-state index in [1.807, 2.05) is 13.8 Å². The molecule has 0 spiro atoms. The van der Waals surface area contributed by atoms with E-state index in [9.17, 15) is 0 Å². The van der Waals surface area contributed by atoms with Crippen molar-refractivity contribution in [1.29, 1.82) is 0 Å². The zero-order valence-corrected chi connectivity index (χ0v) is 12.0. The van der Waals surface area contributed by atoms with Gasteiger partial charge in [0.25, 0.3) is 0 Å². The molecule has 0 bridgehead atoms. The lowest BCUT2D eigenvalue weighted by molar-refractivity contribution is 0.331. The van der Waals surface area contributed by atoms with Crippen LogP contribution in [0.3, 0.4) is 0 Å². The van der Waals surface area contributed by atoms with E-state index >= 15 is 0 Å². The Morgan fingerprint density at radius 2 is 1.76 bits per heavy atom. The Balaban J connectivity index is 2.87. The molecule has 0 fully saturated rings. The van der Waals surface area contributed by atoms with Crippen molar-refractivity contribution in [2.45, 2.75) is 60.4 Å². The van der Waals surface area contributed by atoms with Crippen LogP contribution in [0.25, 0.3) is 0 Å². The second kappa shape index (κ2) is 5.23. The van der Waals surface area contributed by atoms with Crippen LogP contribution < -0.4 is 11.3 Å². The largest absolute Gasteiger partial charge is 0.466 e. The van der Waals surface area contributed by atoms with E-state index in [1.54, 1.807) is 0 Å². The van der Waals surface area contributed by atoms with Crippen molar-refractivity contribution >= 4 is 0 Å². The molecule has 0 aliphatic heterocycles. The average Bonchev–Trinajstić information content (AvgIpc) is 2.43. The van der Waals surface area contributed by atoms with E-state index in [0.717, 1.165) is 24.4 Å². The maximum atomic E-state index is 5.69. The molecular weight excluding hydrogens is 212 g/mol. The van der Waals surface area contributed by atoms with Gasteiger partial charge in [-0.2, -0.15) is 0 Å². The number of rotatable bonds is 4. The molecule has 0 amide bonds. The van der Waals surface area contributed by atoms with Gasteiger partial charge in [0.15, 0.2) is 0 Å². The van der Waals surface area contributed by atoms with E-state index in [0.29, 0.717) is 5.41 Å². The first-order valence-electron chi connectivity index (χ1n) is 6.29. The highest BCUT2D eigenvalue weighted by molar-refractivity contribution is 5.34. The van der Waals surface area contributed by atoms with Crippen molar-refractivity contribution in [3.8, 4) is 0 Å². The molecule has 1 rings (SSSR count). The van der Waals surface area contributed by atoms with Gasteiger partial charge in [-0.25, -0.2) is 0 Å². The van der Waals surface area contributed by atoms with Crippen LogP contribution in [0.4, 0.5) is 0 Å². The molecule has 0 aromatic carbocycles. The summed E-state index contributed by atoms with van der Waals surface area (Å²) in [7, 11) is 0. The predicted molar refractivity (Wildman–Crippen MR) is 71.7 cm³/mol. The highest BCUT2D eigenvalue weighted by atomic mass is 16.3.